The highest BCUT2D eigenvalue weighted by molar-refractivity contribution is 5.71. The zero-order chi connectivity index (χ0) is 49.3. The zero-order valence-corrected chi connectivity index (χ0v) is 44.6. The molecule has 6 heteroatoms. The summed E-state index contributed by atoms with van der Waals surface area (Å²) in [7, 11) is 0. The van der Waals surface area contributed by atoms with Crippen molar-refractivity contribution < 1.29 is 28.6 Å². The van der Waals surface area contributed by atoms with E-state index < -0.39 is 6.10 Å². The lowest BCUT2D eigenvalue weighted by molar-refractivity contribution is -0.167. The smallest absolute Gasteiger partial charge is 0.306 e. The van der Waals surface area contributed by atoms with E-state index in [0.29, 0.717) is 19.3 Å². The monoisotopic (exact) mass is 947 g/mol. The van der Waals surface area contributed by atoms with E-state index in [4.69, 9.17) is 14.2 Å². The number of carbonyl (C=O) groups excluding carboxylic acids is 3. The molecule has 0 aliphatic rings. The van der Waals surface area contributed by atoms with Gasteiger partial charge in [-0.2, -0.15) is 0 Å². The Morgan fingerprint density at radius 3 is 0.897 bits per heavy atom. The van der Waals surface area contributed by atoms with Gasteiger partial charge in [0.15, 0.2) is 6.10 Å². The number of carbonyl (C=O) groups is 3. The lowest BCUT2D eigenvalue weighted by Gasteiger charge is -2.18. The number of rotatable bonds is 51. The highest BCUT2D eigenvalue weighted by Crippen LogP contribution is 2.15. The van der Waals surface area contributed by atoms with Gasteiger partial charge in [-0.25, -0.2) is 0 Å². The maximum absolute atomic E-state index is 12.8. The molecule has 390 valence electrons. The maximum Gasteiger partial charge on any atom is 0.306 e. The lowest BCUT2D eigenvalue weighted by Crippen LogP contribution is -2.30. The fourth-order valence-electron chi connectivity index (χ4n) is 7.85. The van der Waals surface area contributed by atoms with Crippen LogP contribution < -0.4 is 0 Å². The van der Waals surface area contributed by atoms with Crippen molar-refractivity contribution in [2.45, 2.75) is 277 Å². The van der Waals surface area contributed by atoms with E-state index in [1.165, 1.54) is 116 Å². The van der Waals surface area contributed by atoms with Crippen molar-refractivity contribution in [3.8, 4) is 0 Å². The van der Waals surface area contributed by atoms with Crippen LogP contribution in [0.2, 0.25) is 0 Å². The second kappa shape index (κ2) is 56.2. The van der Waals surface area contributed by atoms with Crippen LogP contribution in [0.5, 0.6) is 0 Å². The summed E-state index contributed by atoms with van der Waals surface area (Å²) in [5, 5.41) is 0. The number of ether oxygens (including phenoxy) is 3. The summed E-state index contributed by atoms with van der Waals surface area (Å²) in [6.45, 7) is 6.49. The molecule has 68 heavy (non-hydrogen) atoms. The number of esters is 3. The van der Waals surface area contributed by atoms with E-state index >= 15 is 0 Å². The molecule has 0 amide bonds. The molecule has 6 nitrogen and oxygen atoms in total. The highest BCUT2D eigenvalue weighted by Gasteiger charge is 2.19. The SMILES string of the molecule is CC/C=C\C/C=C\C/C=C\C/C=C\CCCCCCCCC(=O)OC(COC(=O)CCCCCCCC/C=C\C/C=C\C/C=C\CCCCCCC)COC(=O)CCCCCCCCCCCC. The summed E-state index contributed by atoms with van der Waals surface area (Å²) >= 11 is 0. The van der Waals surface area contributed by atoms with Gasteiger partial charge in [-0.15, -0.1) is 0 Å². The summed E-state index contributed by atoms with van der Waals surface area (Å²) < 4.78 is 16.8. The lowest BCUT2D eigenvalue weighted by atomic mass is 10.1. The highest BCUT2D eigenvalue weighted by atomic mass is 16.6. The van der Waals surface area contributed by atoms with Crippen LogP contribution in [0.1, 0.15) is 271 Å². The Hall–Kier alpha value is -3.41. The predicted molar refractivity (Wildman–Crippen MR) is 293 cm³/mol. The molecule has 0 spiro atoms. The molecule has 0 aliphatic heterocycles. The van der Waals surface area contributed by atoms with Crippen LogP contribution in [0.25, 0.3) is 0 Å². The van der Waals surface area contributed by atoms with Gasteiger partial charge in [-0.3, -0.25) is 14.4 Å². The van der Waals surface area contributed by atoms with Gasteiger partial charge < -0.3 is 14.2 Å². The molecule has 0 fully saturated rings. The van der Waals surface area contributed by atoms with E-state index in [1.807, 2.05) is 0 Å². The fourth-order valence-corrected chi connectivity index (χ4v) is 7.85. The van der Waals surface area contributed by atoms with Crippen LogP contribution in [0.15, 0.2) is 85.1 Å². The van der Waals surface area contributed by atoms with Crippen molar-refractivity contribution >= 4 is 17.9 Å². The first kappa shape index (κ1) is 64.6. The molecule has 1 atom stereocenters. The third kappa shape index (κ3) is 53.5. The molecule has 0 aromatic rings. The van der Waals surface area contributed by atoms with Crippen molar-refractivity contribution in [2.75, 3.05) is 13.2 Å². The maximum atomic E-state index is 12.8. The van der Waals surface area contributed by atoms with Gasteiger partial charge in [0.2, 0.25) is 0 Å². The standard InChI is InChI=1S/C62H106O6/c1-4-7-10-13-16-19-22-24-26-28-30-31-33-34-36-38-40-43-46-49-52-55-61(64)67-58-59(57-66-60(63)54-51-48-45-42-21-18-15-12-9-6-3)68-62(65)56-53-50-47-44-41-39-37-35-32-29-27-25-23-20-17-14-11-8-5-2/h8,11,17,20,22,24-25,27-28,30,32-35,59H,4-7,9-10,12-16,18-19,21,23,26,29,31,36-58H2,1-3H3/b11-8-,20-17-,24-22-,27-25-,30-28-,34-33-,35-32-. The molecule has 0 saturated heterocycles. The van der Waals surface area contributed by atoms with Crippen molar-refractivity contribution in [2.24, 2.45) is 0 Å². The average Bonchev–Trinajstić information content (AvgIpc) is 3.34. The van der Waals surface area contributed by atoms with Crippen molar-refractivity contribution in [1.29, 1.82) is 0 Å². The van der Waals surface area contributed by atoms with Crippen LogP contribution >= 0.6 is 0 Å². The minimum absolute atomic E-state index is 0.0856. The van der Waals surface area contributed by atoms with Crippen molar-refractivity contribution in [3.05, 3.63) is 85.1 Å². The molecule has 0 bridgehead atoms. The van der Waals surface area contributed by atoms with E-state index in [1.54, 1.807) is 0 Å². The van der Waals surface area contributed by atoms with Gasteiger partial charge in [0, 0.05) is 19.3 Å². The van der Waals surface area contributed by atoms with Gasteiger partial charge in [-0.05, 0) is 96.3 Å². The van der Waals surface area contributed by atoms with E-state index in [2.05, 4.69) is 106 Å². The van der Waals surface area contributed by atoms with E-state index in [0.717, 1.165) is 116 Å². The first-order valence-electron chi connectivity index (χ1n) is 28.6. The van der Waals surface area contributed by atoms with Crippen LogP contribution in [-0.2, 0) is 28.6 Å². The molecule has 0 aromatic carbocycles. The fraction of sp³-hybridized carbons (Fsp3) is 0.726. The molecule has 0 aliphatic carbocycles. The first-order valence-corrected chi connectivity index (χ1v) is 28.6. The Bertz CT molecular complexity index is 1320. The second-order valence-corrected chi connectivity index (χ2v) is 18.8. The van der Waals surface area contributed by atoms with Gasteiger partial charge in [0.25, 0.3) is 0 Å². The summed E-state index contributed by atoms with van der Waals surface area (Å²) in [4.78, 5) is 38.1. The quantitative estimate of drug-likeness (QED) is 0.0262. The Labute approximate surface area is 420 Å². The van der Waals surface area contributed by atoms with Gasteiger partial charge in [0.05, 0.1) is 0 Å². The molecule has 0 rings (SSSR count). The Balaban J connectivity index is 4.37. The molecule has 0 radical (unpaired) electrons. The zero-order valence-electron chi connectivity index (χ0n) is 44.6. The summed E-state index contributed by atoms with van der Waals surface area (Å²) in [5.41, 5.74) is 0. The van der Waals surface area contributed by atoms with Gasteiger partial charge >= 0.3 is 17.9 Å². The molecular formula is C62H106O6. The third-order valence-corrected chi connectivity index (χ3v) is 12.1. The largest absolute Gasteiger partial charge is 0.462 e. The topological polar surface area (TPSA) is 78.9 Å². The Kier molecular flexibility index (Phi) is 53.4. The normalized spacial score (nSPS) is 12.7. The van der Waals surface area contributed by atoms with E-state index in [-0.39, 0.29) is 31.1 Å². The van der Waals surface area contributed by atoms with Crippen LogP contribution in [0, 0.1) is 0 Å². The molecule has 0 saturated carbocycles. The molecule has 0 heterocycles. The van der Waals surface area contributed by atoms with Crippen LogP contribution in [0.3, 0.4) is 0 Å². The number of hydrogen-bond acceptors (Lipinski definition) is 6. The van der Waals surface area contributed by atoms with Crippen LogP contribution in [0.4, 0.5) is 0 Å². The minimum Gasteiger partial charge on any atom is -0.462 e. The number of allylic oxidation sites excluding steroid dienone is 14. The Morgan fingerprint density at radius 2 is 0.574 bits per heavy atom. The first-order chi connectivity index (χ1) is 33.5. The predicted octanol–water partition coefficient (Wildman–Crippen LogP) is 19.2. The minimum atomic E-state index is -0.789. The van der Waals surface area contributed by atoms with Crippen molar-refractivity contribution in [3.63, 3.8) is 0 Å². The second-order valence-electron chi connectivity index (χ2n) is 18.8. The number of unbranched alkanes of at least 4 members (excludes halogenated alkanes) is 26. The van der Waals surface area contributed by atoms with Crippen molar-refractivity contribution in [1.82, 2.24) is 0 Å². The van der Waals surface area contributed by atoms with Crippen LogP contribution in [-0.4, -0.2) is 37.2 Å². The molecule has 0 aromatic heterocycles. The Morgan fingerprint density at radius 1 is 0.309 bits per heavy atom. The van der Waals surface area contributed by atoms with Gasteiger partial charge in [-0.1, -0.05) is 241 Å². The summed E-state index contributed by atoms with van der Waals surface area (Å²) in [6, 6.07) is 0. The van der Waals surface area contributed by atoms with E-state index in [9.17, 15) is 14.4 Å². The van der Waals surface area contributed by atoms with Gasteiger partial charge in [0.1, 0.15) is 13.2 Å². The molecule has 0 N–H and O–H groups in total. The summed E-state index contributed by atoms with van der Waals surface area (Å²) in [6.07, 6.45) is 72.8. The molecular weight excluding hydrogens is 841 g/mol. The number of hydrogen-bond donors (Lipinski definition) is 0. The summed E-state index contributed by atoms with van der Waals surface area (Å²) in [5.74, 6) is -0.909. The average molecular weight is 948 g/mol. The third-order valence-electron chi connectivity index (χ3n) is 12.1. The molecule has 1 unspecified atom stereocenters.